The zero-order valence-corrected chi connectivity index (χ0v) is 9.60. The molecule has 1 aromatic heterocycles. The SMILES string of the molecule is COc1ccc(C(O)c2ccncc2F)c(F)c1. The van der Waals surface area contributed by atoms with Gasteiger partial charge in [-0.25, -0.2) is 8.78 Å². The summed E-state index contributed by atoms with van der Waals surface area (Å²) in [7, 11) is 1.41. The molecule has 0 saturated heterocycles. The van der Waals surface area contributed by atoms with Crippen molar-refractivity contribution in [3.05, 3.63) is 59.4 Å². The Morgan fingerprint density at radius 2 is 1.89 bits per heavy atom. The lowest BCUT2D eigenvalue weighted by atomic mass is 10.0. The second-order valence-corrected chi connectivity index (χ2v) is 3.69. The molecule has 5 heteroatoms. The number of hydrogen-bond acceptors (Lipinski definition) is 3. The second-order valence-electron chi connectivity index (χ2n) is 3.69. The zero-order chi connectivity index (χ0) is 13.1. The number of hydrogen-bond donors (Lipinski definition) is 1. The van der Waals surface area contributed by atoms with Crippen molar-refractivity contribution in [1.29, 1.82) is 0 Å². The molecule has 3 nitrogen and oxygen atoms in total. The zero-order valence-electron chi connectivity index (χ0n) is 9.60. The Hall–Kier alpha value is -2.01. The molecule has 2 aromatic rings. The molecule has 1 atom stereocenters. The van der Waals surface area contributed by atoms with Crippen LogP contribution in [0.1, 0.15) is 17.2 Å². The highest BCUT2D eigenvalue weighted by Crippen LogP contribution is 2.27. The molecule has 0 fully saturated rings. The molecule has 0 saturated carbocycles. The summed E-state index contributed by atoms with van der Waals surface area (Å²) in [5.41, 5.74) is -0.0324. The minimum Gasteiger partial charge on any atom is -0.497 e. The molecular weight excluding hydrogens is 240 g/mol. The number of aliphatic hydroxyl groups is 1. The Labute approximate surface area is 103 Å². The van der Waals surface area contributed by atoms with Gasteiger partial charge in [-0.05, 0) is 18.2 Å². The standard InChI is InChI=1S/C13H11F2NO2/c1-18-8-2-3-9(11(14)6-8)13(17)10-4-5-16-7-12(10)15/h2-7,13,17H,1H3. The van der Waals surface area contributed by atoms with Crippen LogP contribution < -0.4 is 4.74 Å². The predicted molar refractivity (Wildman–Crippen MR) is 61.2 cm³/mol. The van der Waals surface area contributed by atoms with Gasteiger partial charge in [0.05, 0.1) is 13.3 Å². The Balaban J connectivity index is 2.40. The van der Waals surface area contributed by atoms with Gasteiger partial charge < -0.3 is 9.84 Å². The number of methoxy groups -OCH3 is 1. The van der Waals surface area contributed by atoms with Gasteiger partial charge in [0.2, 0.25) is 0 Å². The Bertz CT molecular complexity index is 560. The third-order valence-corrected chi connectivity index (χ3v) is 2.60. The predicted octanol–water partition coefficient (Wildman–Crippen LogP) is 2.45. The van der Waals surface area contributed by atoms with Gasteiger partial charge in [-0.3, -0.25) is 4.98 Å². The van der Waals surface area contributed by atoms with E-state index in [1.807, 2.05) is 0 Å². The average Bonchev–Trinajstić information content (AvgIpc) is 2.38. The van der Waals surface area contributed by atoms with E-state index in [9.17, 15) is 13.9 Å². The fourth-order valence-electron chi connectivity index (χ4n) is 1.63. The van der Waals surface area contributed by atoms with Gasteiger partial charge in [-0.1, -0.05) is 0 Å². The van der Waals surface area contributed by atoms with Crippen molar-refractivity contribution in [2.45, 2.75) is 6.10 Å². The van der Waals surface area contributed by atoms with E-state index in [0.717, 1.165) is 12.3 Å². The van der Waals surface area contributed by atoms with E-state index in [0.29, 0.717) is 5.75 Å². The second kappa shape index (κ2) is 5.10. The van der Waals surface area contributed by atoms with Crippen LogP contribution >= 0.6 is 0 Å². The van der Waals surface area contributed by atoms with Crippen molar-refractivity contribution >= 4 is 0 Å². The van der Waals surface area contributed by atoms with Crippen molar-refractivity contribution in [3.63, 3.8) is 0 Å². The Kier molecular flexibility index (Phi) is 3.53. The molecule has 0 aliphatic heterocycles. The number of nitrogens with zero attached hydrogens (tertiary/aromatic N) is 1. The first-order valence-electron chi connectivity index (χ1n) is 5.24. The maximum atomic E-state index is 13.7. The first-order chi connectivity index (χ1) is 8.63. The lowest BCUT2D eigenvalue weighted by molar-refractivity contribution is 0.209. The van der Waals surface area contributed by atoms with Crippen molar-refractivity contribution in [2.24, 2.45) is 0 Å². The third-order valence-electron chi connectivity index (χ3n) is 2.60. The van der Waals surface area contributed by atoms with Gasteiger partial charge in [-0.15, -0.1) is 0 Å². The summed E-state index contributed by atoms with van der Waals surface area (Å²) in [5.74, 6) is -1.00. The monoisotopic (exact) mass is 251 g/mol. The summed E-state index contributed by atoms with van der Waals surface area (Å²) in [5, 5.41) is 9.97. The Morgan fingerprint density at radius 3 is 2.50 bits per heavy atom. The van der Waals surface area contributed by atoms with Crippen LogP contribution in [0.2, 0.25) is 0 Å². The largest absolute Gasteiger partial charge is 0.497 e. The molecule has 0 aliphatic carbocycles. The van der Waals surface area contributed by atoms with Crippen molar-refractivity contribution in [2.75, 3.05) is 7.11 Å². The van der Waals surface area contributed by atoms with Crippen molar-refractivity contribution in [1.82, 2.24) is 4.98 Å². The van der Waals surface area contributed by atoms with E-state index in [2.05, 4.69) is 4.98 Å². The summed E-state index contributed by atoms with van der Waals surface area (Å²) in [6.45, 7) is 0. The minimum atomic E-state index is -1.38. The number of rotatable bonds is 3. The van der Waals surface area contributed by atoms with Crippen molar-refractivity contribution < 1.29 is 18.6 Å². The number of pyridine rings is 1. The number of ether oxygens (including phenoxy) is 1. The van der Waals surface area contributed by atoms with Crippen molar-refractivity contribution in [3.8, 4) is 5.75 Å². The summed E-state index contributed by atoms with van der Waals surface area (Å²) in [6, 6.07) is 5.31. The average molecular weight is 251 g/mol. The highest BCUT2D eigenvalue weighted by molar-refractivity contribution is 5.35. The van der Waals surface area contributed by atoms with Crippen LogP contribution in [-0.2, 0) is 0 Å². The summed E-state index contributed by atoms with van der Waals surface area (Å²) in [6.07, 6.45) is 0.933. The van der Waals surface area contributed by atoms with Crippen LogP contribution in [0.4, 0.5) is 8.78 Å². The molecule has 2 rings (SSSR count). The van der Waals surface area contributed by atoms with E-state index < -0.39 is 17.7 Å². The van der Waals surface area contributed by atoms with Crippen LogP contribution in [0, 0.1) is 11.6 Å². The highest BCUT2D eigenvalue weighted by atomic mass is 19.1. The van der Waals surface area contributed by atoms with Crippen LogP contribution in [-0.4, -0.2) is 17.2 Å². The van der Waals surface area contributed by atoms with Crippen LogP contribution in [0.5, 0.6) is 5.75 Å². The molecule has 0 radical (unpaired) electrons. The lowest BCUT2D eigenvalue weighted by Gasteiger charge is -2.13. The van der Waals surface area contributed by atoms with E-state index in [4.69, 9.17) is 4.74 Å². The number of aromatic nitrogens is 1. The molecule has 18 heavy (non-hydrogen) atoms. The van der Waals surface area contributed by atoms with Crippen LogP contribution in [0.25, 0.3) is 0 Å². The summed E-state index contributed by atoms with van der Waals surface area (Å²) >= 11 is 0. The topological polar surface area (TPSA) is 42.4 Å². The number of benzene rings is 1. The molecule has 1 aromatic carbocycles. The van der Waals surface area contributed by atoms with E-state index in [1.165, 1.54) is 31.5 Å². The summed E-state index contributed by atoms with van der Waals surface area (Å²) < 4.78 is 32.0. The molecular formula is C13H11F2NO2. The van der Waals surface area contributed by atoms with Crippen LogP contribution in [0.3, 0.4) is 0 Å². The molecule has 0 amide bonds. The molecule has 0 spiro atoms. The maximum Gasteiger partial charge on any atom is 0.147 e. The number of aliphatic hydroxyl groups excluding tert-OH is 1. The van der Waals surface area contributed by atoms with Gasteiger partial charge in [-0.2, -0.15) is 0 Å². The molecule has 0 bridgehead atoms. The summed E-state index contributed by atoms with van der Waals surface area (Å²) in [4.78, 5) is 3.57. The van der Waals surface area contributed by atoms with Gasteiger partial charge in [0.1, 0.15) is 23.5 Å². The minimum absolute atomic E-state index is 0.0131. The quantitative estimate of drug-likeness (QED) is 0.911. The highest BCUT2D eigenvalue weighted by Gasteiger charge is 2.18. The molecule has 94 valence electrons. The van der Waals surface area contributed by atoms with Gasteiger partial charge in [0, 0.05) is 23.4 Å². The van der Waals surface area contributed by atoms with Gasteiger partial charge >= 0.3 is 0 Å². The normalized spacial score (nSPS) is 12.2. The molecule has 0 aliphatic rings. The van der Waals surface area contributed by atoms with Crippen LogP contribution in [0.15, 0.2) is 36.7 Å². The first kappa shape index (κ1) is 12.4. The Morgan fingerprint density at radius 1 is 1.17 bits per heavy atom. The molecule has 1 heterocycles. The van der Waals surface area contributed by atoms with Gasteiger partial charge in [0.15, 0.2) is 0 Å². The molecule has 1 unspecified atom stereocenters. The fourth-order valence-corrected chi connectivity index (χ4v) is 1.63. The fraction of sp³-hybridized carbons (Fsp3) is 0.154. The first-order valence-corrected chi connectivity index (χ1v) is 5.24. The lowest BCUT2D eigenvalue weighted by Crippen LogP contribution is -2.05. The van der Waals surface area contributed by atoms with Gasteiger partial charge in [0.25, 0.3) is 0 Å². The van der Waals surface area contributed by atoms with E-state index >= 15 is 0 Å². The number of halogens is 2. The smallest absolute Gasteiger partial charge is 0.147 e. The molecule has 1 N–H and O–H groups in total. The maximum absolute atomic E-state index is 13.7. The third kappa shape index (κ3) is 2.31. The van der Waals surface area contributed by atoms with E-state index in [1.54, 1.807) is 0 Å². The van der Waals surface area contributed by atoms with E-state index in [-0.39, 0.29) is 11.1 Å².